The normalized spacial score (nSPS) is 21.1. The van der Waals surface area contributed by atoms with Crippen LogP contribution in [0, 0.1) is 0 Å². The van der Waals surface area contributed by atoms with Crippen LogP contribution in [-0.2, 0) is 13.0 Å². The standard InChI is InChI=1S/C17H24N2O/c1-17(9-3-2-4-10-17)19-16(20)15-7-5-6-13-12-18-11-8-14(13)15/h5-7,18H,2-4,8-12H2,1H3,(H,19,20). The summed E-state index contributed by atoms with van der Waals surface area (Å²) >= 11 is 0. The molecule has 0 aromatic heterocycles. The Kier molecular flexibility index (Phi) is 3.79. The molecule has 3 heteroatoms. The highest BCUT2D eigenvalue weighted by atomic mass is 16.1. The Labute approximate surface area is 121 Å². The highest BCUT2D eigenvalue weighted by molar-refractivity contribution is 5.96. The zero-order chi connectivity index (χ0) is 14.0. The van der Waals surface area contributed by atoms with Crippen molar-refractivity contribution in [2.24, 2.45) is 0 Å². The quantitative estimate of drug-likeness (QED) is 0.869. The third-order valence-corrected chi connectivity index (χ3v) is 4.76. The molecule has 3 nitrogen and oxygen atoms in total. The predicted molar refractivity (Wildman–Crippen MR) is 80.8 cm³/mol. The van der Waals surface area contributed by atoms with Crippen molar-refractivity contribution in [1.29, 1.82) is 0 Å². The van der Waals surface area contributed by atoms with E-state index >= 15 is 0 Å². The van der Waals surface area contributed by atoms with E-state index in [1.54, 1.807) is 0 Å². The van der Waals surface area contributed by atoms with E-state index in [2.05, 4.69) is 23.6 Å². The SMILES string of the molecule is CC1(NC(=O)c2cccc3c2CCNC3)CCCCC1. The van der Waals surface area contributed by atoms with E-state index in [4.69, 9.17) is 0 Å². The molecule has 1 aliphatic carbocycles. The number of amides is 1. The number of carbonyl (C=O) groups excluding carboxylic acids is 1. The molecule has 20 heavy (non-hydrogen) atoms. The van der Waals surface area contributed by atoms with Crippen LogP contribution in [0.1, 0.15) is 60.5 Å². The number of hydrogen-bond acceptors (Lipinski definition) is 2. The largest absolute Gasteiger partial charge is 0.347 e. The van der Waals surface area contributed by atoms with E-state index in [1.165, 1.54) is 30.4 Å². The Morgan fingerprint density at radius 1 is 1.25 bits per heavy atom. The molecule has 0 radical (unpaired) electrons. The molecule has 0 saturated heterocycles. The molecule has 0 bridgehead atoms. The topological polar surface area (TPSA) is 41.1 Å². The Bertz CT molecular complexity index is 504. The van der Waals surface area contributed by atoms with Gasteiger partial charge in [-0.3, -0.25) is 4.79 Å². The Hall–Kier alpha value is -1.35. The van der Waals surface area contributed by atoms with Gasteiger partial charge in [0.15, 0.2) is 0 Å². The fourth-order valence-corrected chi connectivity index (χ4v) is 3.54. The van der Waals surface area contributed by atoms with Crippen molar-refractivity contribution in [3.8, 4) is 0 Å². The minimum Gasteiger partial charge on any atom is -0.347 e. The first kappa shape index (κ1) is 13.6. The Morgan fingerprint density at radius 2 is 2.05 bits per heavy atom. The summed E-state index contributed by atoms with van der Waals surface area (Å²) in [6, 6.07) is 6.11. The Balaban J connectivity index is 1.80. The molecule has 0 unspecified atom stereocenters. The number of rotatable bonds is 2. The molecule has 0 spiro atoms. The van der Waals surface area contributed by atoms with Gasteiger partial charge in [0.2, 0.25) is 0 Å². The summed E-state index contributed by atoms with van der Waals surface area (Å²) in [6.07, 6.45) is 6.93. The summed E-state index contributed by atoms with van der Waals surface area (Å²) in [5, 5.41) is 6.67. The number of benzene rings is 1. The van der Waals surface area contributed by atoms with Gasteiger partial charge < -0.3 is 10.6 Å². The predicted octanol–water partition coefficient (Wildman–Crippen LogP) is 2.78. The fourth-order valence-electron chi connectivity index (χ4n) is 3.54. The van der Waals surface area contributed by atoms with E-state index in [0.29, 0.717) is 0 Å². The van der Waals surface area contributed by atoms with Crippen LogP contribution in [0.5, 0.6) is 0 Å². The molecule has 1 aromatic carbocycles. The second kappa shape index (κ2) is 5.57. The van der Waals surface area contributed by atoms with Gasteiger partial charge in [0.1, 0.15) is 0 Å². The highest BCUT2D eigenvalue weighted by Crippen LogP contribution is 2.28. The number of nitrogens with one attached hydrogen (secondary N) is 2. The van der Waals surface area contributed by atoms with E-state index < -0.39 is 0 Å². The molecule has 1 aromatic rings. The maximum Gasteiger partial charge on any atom is 0.251 e. The van der Waals surface area contributed by atoms with Gasteiger partial charge in [-0.25, -0.2) is 0 Å². The van der Waals surface area contributed by atoms with Gasteiger partial charge in [-0.2, -0.15) is 0 Å². The molecule has 3 rings (SSSR count). The zero-order valence-corrected chi connectivity index (χ0v) is 12.3. The first-order valence-corrected chi connectivity index (χ1v) is 7.82. The second-order valence-corrected chi connectivity index (χ2v) is 6.45. The molecule has 2 aliphatic rings. The summed E-state index contributed by atoms with van der Waals surface area (Å²) in [4.78, 5) is 12.7. The Morgan fingerprint density at radius 3 is 2.85 bits per heavy atom. The smallest absolute Gasteiger partial charge is 0.251 e. The van der Waals surface area contributed by atoms with Crippen LogP contribution >= 0.6 is 0 Å². The van der Waals surface area contributed by atoms with Crippen molar-refractivity contribution in [2.75, 3.05) is 6.54 Å². The van der Waals surface area contributed by atoms with E-state index in [9.17, 15) is 4.79 Å². The summed E-state index contributed by atoms with van der Waals surface area (Å²) in [5.74, 6) is 0.119. The van der Waals surface area contributed by atoms with Crippen LogP contribution < -0.4 is 10.6 Å². The third-order valence-electron chi connectivity index (χ3n) is 4.76. The lowest BCUT2D eigenvalue weighted by Crippen LogP contribution is -2.47. The lowest BCUT2D eigenvalue weighted by Gasteiger charge is -2.35. The molecular weight excluding hydrogens is 248 g/mol. The van der Waals surface area contributed by atoms with Crippen LogP contribution in [0.4, 0.5) is 0 Å². The van der Waals surface area contributed by atoms with E-state index in [1.807, 2.05) is 12.1 Å². The van der Waals surface area contributed by atoms with Crippen LogP contribution in [0.2, 0.25) is 0 Å². The first-order valence-electron chi connectivity index (χ1n) is 7.82. The molecule has 1 fully saturated rings. The van der Waals surface area contributed by atoms with Crippen LogP contribution in [0.3, 0.4) is 0 Å². The van der Waals surface area contributed by atoms with Crippen molar-refractivity contribution < 1.29 is 4.79 Å². The van der Waals surface area contributed by atoms with Crippen LogP contribution in [-0.4, -0.2) is 18.0 Å². The van der Waals surface area contributed by atoms with Crippen molar-refractivity contribution in [1.82, 2.24) is 10.6 Å². The summed E-state index contributed by atoms with van der Waals surface area (Å²) in [7, 11) is 0. The molecule has 1 amide bonds. The fraction of sp³-hybridized carbons (Fsp3) is 0.588. The number of hydrogen-bond donors (Lipinski definition) is 2. The monoisotopic (exact) mass is 272 g/mol. The molecule has 1 aliphatic heterocycles. The molecule has 1 heterocycles. The maximum absolute atomic E-state index is 12.7. The molecule has 1 saturated carbocycles. The lowest BCUT2D eigenvalue weighted by molar-refractivity contribution is 0.0881. The van der Waals surface area contributed by atoms with Crippen molar-refractivity contribution in [3.05, 3.63) is 34.9 Å². The number of fused-ring (bicyclic) bond motifs is 1. The van der Waals surface area contributed by atoms with Crippen molar-refractivity contribution in [2.45, 2.75) is 57.5 Å². The first-order chi connectivity index (χ1) is 9.68. The van der Waals surface area contributed by atoms with Gasteiger partial charge in [-0.1, -0.05) is 31.4 Å². The minimum absolute atomic E-state index is 0.00895. The van der Waals surface area contributed by atoms with Crippen LogP contribution in [0.15, 0.2) is 18.2 Å². The molecule has 2 N–H and O–H groups in total. The third kappa shape index (κ3) is 2.73. The summed E-state index contributed by atoms with van der Waals surface area (Å²) < 4.78 is 0. The maximum atomic E-state index is 12.7. The van der Waals surface area contributed by atoms with E-state index in [-0.39, 0.29) is 11.4 Å². The summed E-state index contributed by atoms with van der Waals surface area (Å²) in [5.41, 5.74) is 3.39. The van der Waals surface area contributed by atoms with Gasteiger partial charge in [0.05, 0.1) is 0 Å². The highest BCUT2D eigenvalue weighted by Gasteiger charge is 2.29. The number of carbonyl (C=O) groups is 1. The average molecular weight is 272 g/mol. The van der Waals surface area contributed by atoms with Crippen LogP contribution in [0.25, 0.3) is 0 Å². The van der Waals surface area contributed by atoms with Gasteiger partial charge in [0.25, 0.3) is 5.91 Å². The minimum atomic E-state index is -0.00895. The lowest BCUT2D eigenvalue weighted by atomic mass is 9.83. The molecular formula is C17H24N2O. The van der Waals surface area contributed by atoms with E-state index in [0.717, 1.165) is 37.9 Å². The van der Waals surface area contributed by atoms with Gasteiger partial charge in [-0.15, -0.1) is 0 Å². The average Bonchev–Trinajstić information content (AvgIpc) is 2.47. The van der Waals surface area contributed by atoms with Gasteiger partial charge in [0, 0.05) is 17.6 Å². The van der Waals surface area contributed by atoms with Gasteiger partial charge >= 0.3 is 0 Å². The molecule has 0 atom stereocenters. The summed E-state index contributed by atoms with van der Waals surface area (Å²) in [6.45, 7) is 4.04. The van der Waals surface area contributed by atoms with Crippen molar-refractivity contribution >= 4 is 5.91 Å². The zero-order valence-electron chi connectivity index (χ0n) is 12.3. The van der Waals surface area contributed by atoms with Crippen molar-refractivity contribution in [3.63, 3.8) is 0 Å². The second-order valence-electron chi connectivity index (χ2n) is 6.45. The molecule has 108 valence electrons. The van der Waals surface area contributed by atoms with Gasteiger partial charge in [-0.05, 0) is 49.9 Å².